The van der Waals surface area contributed by atoms with Crippen LogP contribution in [0.4, 0.5) is 5.69 Å². The van der Waals surface area contributed by atoms with Gasteiger partial charge >= 0.3 is 0 Å². The van der Waals surface area contributed by atoms with Crippen LogP contribution >= 0.6 is 0 Å². The standard InChI is InChI=1S/C27H28N4O2/c1-19-25(18-32)24-15-22(6-8-27(24)33-19)31-12-10-30(11-13-31)9-3-2-4-21-17-29-26-7-5-20(16-28)14-23(21)26/h5-8,14-15,17-18,29H,2-4,9-13H2,1H3. The molecule has 0 bridgehead atoms. The van der Waals surface area contributed by atoms with Gasteiger partial charge in [0, 0.05) is 54.4 Å². The fourth-order valence-corrected chi connectivity index (χ4v) is 4.91. The lowest BCUT2D eigenvalue weighted by atomic mass is 10.0. The Kier molecular flexibility index (Phi) is 5.89. The summed E-state index contributed by atoms with van der Waals surface area (Å²) in [6.07, 6.45) is 6.29. The summed E-state index contributed by atoms with van der Waals surface area (Å²) in [6.45, 7) is 7.00. The largest absolute Gasteiger partial charge is 0.461 e. The van der Waals surface area contributed by atoms with Gasteiger partial charge in [-0.05, 0) is 74.7 Å². The van der Waals surface area contributed by atoms with Crippen LogP contribution in [-0.4, -0.2) is 48.9 Å². The molecule has 1 saturated heterocycles. The Balaban J connectivity index is 1.12. The number of H-pyrrole nitrogens is 1. The van der Waals surface area contributed by atoms with E-state index in [1.807, 2.05) is 31.2 Å². The molecule has 1 aliphatic heterocycles. The minimum atomic E-state index is 0.657. The van der Waals surface area contributed by atoms with Gasteiger partial charge in [0.05, 0.1) is 17.2 Å². The number of aldehydes is 1. The number of nitriles is 1. The Morgan fingerprint density at radius 3 is 2.73 bits per heavy atom. The second kappa shape index (κ2) is 9.13. The third-order valence-electron chi connectivity index (χ3n) is 6.82. The summed E-state index contributed by atoms with van der Waals surface area (Å²) in [7, 11) is 0. The number of hydrogen-bond acceptors (Lipinski definition) is 5. The maximum absolute atomic E-state index is 11.4. The average molecular weight is 441 g/mol. The van der Waals surface area contributed by atoms with E-state index in [4.69, 9.17) is 9.68 Å². The zero-order valence-corrected chi connectivity index (χ0v) is 18.9. The van der Waals surface area contributed by atoms with Crippen LogP contribution in [0.15, 0.2) is 47.0 Å². The van der Waals surface area contributed by atoms with Crippen molar-refractivity contribution in [2.75, 3.05) is 37.6 Å². The topological polar surface area (TPSA) is 76.3 Å². The van der Waals surface area contributed by atoms with Crippen molar-refractivity contribution >= 4 is 33.8 Å². The average Bonchev–Trinajstić information content (AvgIpc) is 3.40. The summed E-state index contributed by atoms with van der Waals surface area (Å²) in [6, 6.07) is 14.2. The summed E-state index contributed by atoms with van der Waals surface area (Å²) in [5, 5.41) is 11.2. The van der Waals surface area contributed by atoms with Crippen molar-refractivity contribution in [1.82, 2.24) is 9.88 Å². The van der Waals surface area contributed by atoms with E-state index in [2.05, 4.69) is 39.2 Å². The normalized spacial score (nSPS) is 14.7. The molecule has 0 aliphatic carbocycles. The van der Waals surface area contributed by atoms with Crippen LogP contribution in [0.3, 0.4) is 0 Å². The van der Waals surface area contributed by atoms with Crippen LogP contribution in [0, 0.1) is 18.3 Å². The predicted molar refractivity (Wildman–Crippen MR) is 131 cm³/mol. The highest BCUT2D eigenvalue weighted by Gasteiger charge is 2.19. The SMILES string of the molecule is Cc1oc2ccc(N3CCN(CCCCc4c[nH]c5ccc(C#N)cc45)CC3)cc2c1C=O. The van der Waals surface area contributed by atoms with Gasteiger partial charge < -0.3 is 14.3 Å². The van der Waals surface area contributed by atoms with E-state index >= 15 is 0 Å². The summed E-state index contributed by atoms with van der Waals surface area (Å²) < 4.78 is 5.69. The molecule has 1 aliphatic rings. The van der Waals surface area contributed by atoms with Crippen LogP contribution in [0.5, 0.6) is 0 Å². The first kappa shape index (κ1) is 21.3. The Hall–Kier alpha value is -3.56. The Morgan fingerprint density at radius 1 is 1.09 bits per heavy atom. The number of aryl methyl sites for hydroxylation is 2. The minimum Gasteiger partial charge on any atom is -0.461 e. The van der Waals surface area contributed by atoms with Crippen LogP contribution < -0.4 is 4.90 Å². The van der Waals surface area contributed by atoms with Gasteiger partial charge in [0.2, 0.25) is 0 Å². The molecular weight excluding hydrogens is 412 g/mol. The molecule has 2 aromatic heterocycles. The molecule has 5 rings (SSSR count). The molecule has 2 aromatic carbocycles. The molecule has 0 atom stereocenters. The number of aromatic nitrogens is 1. The molecule has 4 aromatic rings. The van der Waals surface area contributed by atoms with Gasteiger partial charge in [0.15, 0.2) is 6.29 Å². The summed E-state index contributed by atoms with van der Waals surface area (Å²) in [5.74, 6) is 0.681. The zero-order chi connectivity index (χ0) is 22.8. The number of fused-ring (bicyclic) bond motifs is 2. The van der Waals surface area contributed by atoms with Gasteiger partial charge in [-0.2, -0.15) is 5.26 Å². The fraction of sp³-hybridized carbons (Fsp3) is 0.333. The Bertz CT molecular complexity index is 1340. The predicted octanol–water partition coefficient (Wildman–Crippen LogP) is 5.05. The van der Waals surface area contributed by atoms with Crippen LogP contribution in [0.2, 0.25) is 0 Å². The minimum absolute atomic E-state index is 0.657. The molecule has 168 valence electrons. The molecule has 0 radical (unpaired) electrons. The first-order valence-electron chi connectivity index (χ1n) is 11.6. The lowest BCUT2D eigenvalue weighted by Crippen LogP contribution is -2.46. The van der Waals surface area contributed by atoms with Crippen molar-refractivity contribution < 1.29 is 9.21 Å². The third-order valence-corrected chi connectivity index (χ3v) is 6.82. The lowest BCUT2D eigenvalue weighted by molar-refractivity contribution is 0.112. The van der Waals surface area contributed by atoms with Crippen molar-refractivity contribution in [2.24, 2.45) is 0 Å². The monoisotopic (exact) mass is 440 g/mol. The number of benzene rings is 2. The van der Waals surface area contributed by atoms with E-state index in [0.29, 0.717) is 16.9 Å². The second-order valence-corrected chi connectivity index (χ2v) is 8.84. The van der Waals surface area contributed by atoms with Crippen molar-refractivity contribution in [3.63, 3.8) is 0 Å². The number of furan rings is 1. The quantitative estimate of drug-likeness (QED) is 0.321. The van der Waals surface area contributed by atoms with Crippen LogP contribution in [0.25, 0.3) is 21.9 Å². The number of carbonyl (C=O) groups excluding carboxylic acids is 1. The summed E-state index contributed by atoms with van der Waals surface area (Å²) in [4.78, 5) is 19.7. The maximum atomic E-state index is 11.4. The Morgan fingerprint density at radius 2 is 1.94 bits per heavy atom. The van der Waals surface area contributed by atoms with E-state index in [0.717, 1.165) is 80.4 Å². The molecule has 1 N–H and O–H groups in total. The Labute approximate surface area is 193 Å². The van der Waals surface area contributed by atoms with Gasteiger partial charge in [-0.15, -0.1) is 0 Å². The molecule has 3 heterocycles. The molecule has 6 nitrogen and oxygen atoms in total. The highest BCUT2D eigenvalue weighted by Crippen LogP contribution is 2.29. The van der Waals surface area contributed by atoms with Crippen molar-refractivity contribution in [1.29, 1.82) is 5.26 Å². The molecule has 33 heavy (non-hydrogen) atoms. The van der Waals surface area contributed by atoms with Gasteiger partial charge in [-0.3, -0.25) is 9.69 Å². The summed E-state index contributed by atoms with van der Waals surface area (Å²) >= 11 is 0. The number of rotatable bonds is 7. The first-order chi connectivity index (χ1) is 16.2. The first-order valence-corrected chi connectivity index (χ1v) is 11.6. The van der Waals surface area contributed by atoms with Crippen LogP contribution in [0.1, 0.15) is 40.1 Å². The number of nitrogens with zero attached hydrogens (tertiary/aromatic N) is 3. The van der Waals surface area contributed by atoms with Gasteiger partial charge in [-0.25, -0.2) is 0 Å². The molecule has 0 unspecified atom stereocenters. The number of anilines is 1. The molecular formula is C27H28N4O2. The zero-order valence-electron chi connectivity index (χ0n) is 18.9. The highest BCUT2D eigenvalue weighted by molar-refractivity contribution is 5.98. The van der Waals surface area contributed by atoms with Crippen molar-refractivity contribution in [3.05, 3.63) is 65.0 Å². The number of unbranched alkanes of at least 4 members (excludes halogenated alkanes) is 1. The smallest absolute Gasteiger partial charge is 0.154 e. The maximum Gasteiger partial charge on any atom is 0.154 e. The molecule has 1 fully saturated rings. The number of piperazine rings is 1. The van der Waals surface area contributed by atoms with Crippen molar-refractivity contribution in [2.45, 2.75) is 26.2 Å². The molecule has 0 spiro atoms. The molecule has 0 saturated carbocycles. The van der Waals surface area contributed by atoms with E-state index in [1.54, 1.807) is 0 Å². The van der Waals surface area contributed by atoms with E-state index in [9.17, 15) is 4.79 Å². The number of aromatic amines is 1. The van der Waals surface area contributed by atoms with Gasteiger partial charge in [-0.1, -0.05) is 0 Å². The van der Waals surface area contributed by atoms with Crippen LogP contribution in [-0.2, 0) is 6.42 Å². The number of nitrogens with one attached hydrogen (secondary N) is 1. The lowest BCUT2D eigenvalue weighted by Gasteiger charge is -2.36. The second-order valence-electron chi connectivity index (χ2n) is 8.84. The van der Waals surface area contributed by atoms with Gasteiger partial charge in [0.1, 0.15) is 11.3 Å². The number of hydrogen-bond donors (Lipinski definition) is 1. The van der Waals surface area contributed by atoms with E-state index in [1.165, 1.54) is 10.9 Å². The van der Waals surface area contributed by atoms with Crippen molar-refractivity contribution in [3.8, 4) is 6.07 Å². The van der Waals surface area contributed by atoms with Gasteiger partial charge in [0.25, 0.3) is 0 Å². The fourth-order valence-electron chi connectivity index (χ4n) is 4.91. The van der Waals surface area contributed by atoms with E-state index in [-0.39, 0.29) is 0 Å². The molecule has 6 heteroatoms. The van der Waals surface area contributed by atoms with E-state index < -0.39 is 0 Å². The summed E-state index contributed by atoms with van der Waals surface area (Å²) in [5.41, 5.74) is 5.70. The number of carbonyl (C=O) groups is 1. The highest BCUT2D eigenvalue weighted by atomic mass is 16.3. The molecule has 0 amide bonds. The third kappa shape index (κ3) is 4.24.